The van der Waals surface area contributed by atoms with Crippen molar-refractivity contribution < 1.29 is 9.90 Å². The van der Waals surface area contributed by atoms with Crippen molar-refractivity contribution in [2.75, 3.05) is 31.6 Å². The maximum absolute atomic E-state index is 12.5. The SMILES string of the molecule is CCCNc1ncccc1C(=O)N1CCC(CO)C1. The molecule has 1 unspecified atom stereocenters. The first-order valence-corrected chi connectivity index (χ1v) is 6.85. The Hall–Kier alpha value is -1.62. The van der Waals surface area contributed by atoms with Gasteiger partial charge in [-0.1, -0.05) is 6.92 Å². The molecule has 1 aromatic rings. The lowest BCUT2D eigenvalue weighted by Gasteiger charge is -2.18. The van der Waals surface area contributed by atoms with Crippen LogP contribution in [0.1, 0.15) is 30.1 Å². The maximum atomic E-state index is 12.5. The van der Waals surface area contributed by atoms with Crippen molar-refractivity contribution in [3.05, 3.63) is 23.9 Å². The first-order valence-electron chi connectivity index (χ1n) is 6.85. The number of anilines is 1. The fourth-order valence-electron chi connectivity index (χ4n) is 2.30. The molecule has 19 heavy (non-hydrogen) atoms. The summed E-state index contributed by atoms with van der Waals surface area (Å²) in [5.41, 5.74) is 0.620. The van der Waals surface area contributed by atoms with Gasteiger partial charge in [-0.15, -0.1) is 0 Å². The molecule has 1 aliphatic rings. The summed E-state index contributed by atoms with van der Waals surface area (Å²) in [6.07, 6.45) is 3.55. The molecule has 1 saturated heterocycles. The molecule has 5 nitrogen and oxygen atoms in total. The van der Waals surface area contributed by atoms with Gasteiger partial charge in [0.1, 0.15) is 5.82 Å². The molecule has 0 aromatic carbocycles. The van der Waals surface area contributed by atoms with Crippen LogP contribution in [0.5, 0.6) is 0 Å². The van der Waals surface area contributed by atoms with E-state index in [4.69, 9.17) is 5.11 Å². The highest BCUT2D eigenvalue weighted by Gasteiger charge is 2.27. The number of pyridine rings is 1. The van der Waals surface area contributed by atoms with Crippen LogP contribution >= 0.6 is 0 Å². The highest BCUT2D eigenvalue weighted by atomic mass is 16.3. The number of carbonyl (C=O) groups is 1. The van der Waals surface area contributed by atoms with E-state index in [9.17, 15) is 4.79 Å². The van der Waals surface area contributed by atoms with Crippen molar-refractivity contribution in [2.45, 2.75) is 19.8 Å². The lowest BCUT2D eigenvalue weighted by Crippen LogP contribution is -2.30. The van der Waals surface area contributed by atoms with E-state index >= 15 is 0 Å². The summed E-state index contributed by atoms with van der Waals surface area (Å²) >= 11 is 0. The fourth-order valence-corrected chi connectivity index (χ4v) is 2.30. The number of aliphatic hydroxyl groups is 1. The summed E-state index contributed by atoms with van der Waals surface area (Å²) in [7, 11) is 0. The predicted octanol–water partition coefficient (Wildman–Crippen LogP) is 1.36. The number of nitrogens with zero attached hydrogens (tertiary/aromatic N) is 2. The molecule has 1 aliphatic heterocycles. The number of hydrogen-bond acceptors (Lipinski definition) is 4. The average Bonchev–Trinajstić information content (AvgIpc) is 2.93. The summed E-state index contributed by atoms with van der Waals surface area (Å²) in [6, 6.07) is 3.59. The van der Waals surface area contributed by atoms with E-state index < -0.39 is 0 Å². The van der Waals surface area contributed by atoms with Crippen molar-refractivity contribution in [1.82, 2.24) is 9.88 Å². The molecular formula is C14H21N3O2. The van der Waals surface area contributed by atoms with Crippen LogP contribution < -0.4 is 5.32 Å². The van der Waals surface area contributed by atoms with Crippen LogP contribution in [0.2, 0.25) is 0 Å². The molecule has 2 N–H and O–H groups in total. The van der Waals surface area contributed by atoms with Crippen LogP contribution in [0.4, 0.5) is 5.82 Å². The van der Waals surface area contributed by atoms with Crippen LogP contribution in [0.25, 0.3) is 0 Å². The summed E-state index contributed by atoms with van der Waals surface area (Å²) < 4.78 is 0. The van der Waals surface area contributed by atoms with Crippen LogP contribution in [-0.4, -0.2) is 47.1 Å². The predicted molar refractivity (Wildman–Crippen MR) is 74.1 cm³/mol. The first kappa shape index (κ1) is 13.8. The van der Waals surface area contributed by atoms with Gasteiger partial charge in [-0.3, -0.25) is 4.79 Å². The van der Waals surface area contributed by atoms with Gasteiger partial charge in [-0.05, 0) is 25.0 Å². The van der Waals surface area contributed by atoms with Gasteiger partial charge in [-0.25, -0.2) is 4.98 Å². The number of rotatable bonds is 5. The second kappa shape index (κ2) is 6.52. The van der Waals surface area contributed by atoms with Gasteiger partial charge < -0.3 is 15.3 Å². The molecule has 5 heteroatoms. The van der Waals surface area contributed by atoms with E-state index in [1.54, 1.807) is 23.2 Å². The zero-order valence-electron chi connectivity index (χ0n) is 11.3. The number of amides is 1. The van der Waals surface area contributed by atoms with Gasteiger partial charge in [-0.2, -0.15) is 0 Å². The van der Waals surface area contributed by atoms with Crippen LogP contribution in [0.3, 0.4) is 0 Å². The van der Waals surface area contributed by atoms with Gasteiger partial charge in [0.2, 0.25) is 0 Å². The summed E-state index contributed by atoms with van der Waals surface area (Å²) in [5.74, 6) is 0.872. The Kier molecular flexibility index (Phi) is 4.74. The Balaban J connectivity index is 2.10. The van der Waals surface area contributed by atoms with Gasteiger partial charge in [0.15, 0.2) is 0 Å². The molecule has 1 aromatic heterocycles. The number of aromatic nitrogens is 1. The van der Waals surface area contributed by atoms with E-state index in [0.29, 0.717) is 24.5 Å². The third kappa shape index (κ3) is 3.23. The van der Waals surface area contributed by atoms with Crippen LogP contribution in [0.15, 0.2) is 18.3 Å². The Bertz CT molecular complexity index is 436. The van der Waals surface area contributed by atoms with Gasteiger partial charge in [0.05, 0.1) is 5.56 Å². The van der Waals surface area contributed by atoms with Gasteiger partial charge in [0.25, 0.3) is 5.91 Å². The molecule has 1 atom stereocenters. The van der Waals surface area contributed by atoms with Crippen molar-refractivity contribution in [2.24, 2.45) is 5.92 Å². The Morgan fingerprint density at radius 2 is 2.47 bits per heavy atom. The third-order valence-corrected chi connectivity index (χ3v) is 3.41. The summed E-state index contributed by atoms with van der Waals surface area (Å²) in [6.45, 7) is 4.38. The lowest BCUT2D eigenvalue weighted by molar-refractivity contribution is 0.0782. The monoisotopic (exact) mass is 263 g/mol. The molecule has 2 rings (SSSR count). The topological polar surface area (TPSA) is 65.5 Å². The quantitative estimate of drug-likeness (QED) is 0.842. The smallest absolute Gasteiger partial charge is 0.257 e. The zero-order chi connectivity index (χ0) is 13.7. The fraction of sp³-hybridized carbons (Fsp3) is 0.571. The molecule has 0 radical (unpaired) electrons. The van der Waals surface area contributed by atoms with E-state index in [-0.39, 0.29) is 18.4 Å². The lowest BCUT2D eigenvalue weighted by atomic mass is 10.1. The number of nitrogens with one attached hydrogen (secondary N) is 1. The number of aliphatic hydroxyl groups excluding tert-OH is 1. The van der Waals surface area contributed by atoms with Crippen LogP contribution in [0, 0.1) is 5.92 Å². The van der Waals surface area contributed by atoms with E-state index in [1.165, 1.54) is 0 Å². The molecule has 0 aliphatic carbocycles. The zero-order valence-corrected chi connectivity index (χ0v) is 11.3. The highest BCUT2D eigenvalue weighted by Crippen LogP contribution is 2.21. The minimum Gasteiger partial charge on any atom is -0.396 e. The van der Waals surface area contributed by atoms with E-state index in [0.717, 1.165) is 19.4 Å². The third-order valence-electron chi connectivity index (χ3n) is 3.41. The van der Waals surface area contributed by atoms with E-state index in [2.05, 4.69) is 17.2 Å². The molecular weight excluding hydrogens is 242 g/mol. The standard InChI is InChI=1S/C14H21N3O2/c1-2-6-15-13-12(4-3-7-16-13)14(19)17-8-5-11(9-17)10-18/h3-4,7,11,18H,2,5-6,8-10H2,1H3,(H,15,16). The minimum atomic E-state index is 0.00246. The number of hydrogen-bond donors (Lipinski definition) is 2. The summed E-state index contributed by atoms with van der Waals surface area (Å²) in [4.78, 5) is 18.5. The second-order valence-electron chi connectivity index (χ2n) is 4.91. The highest BCUT2D eigenvalue weighted by molar-refractivity contribution is 5.98. The largest absolute Gasteiger partial charge is 0.396 e. The molecule has 104 valence electrons. The first-order chi connectivity index (χ1) is 9.26. The molecule has 0 bridgehead atoms. The second-order valence-corrected chi connectivity index (χ2v) is 4.91. The summed E-state index contributed by atoms with van der Waals surface area (Å²) in [5, 5.41) is 12.3. The molecule has 1 fully saturated rings. The maximum Gasteiger partial charge on any atom is 0.257 e. The normalized spacial score (nSPS) is 18.6. The van der Waals surface area contributed by atoms with Gasteiger partial charge in [0, 0.05) is 38.4 Å². The Morgan fingerprint density at radius 1 is 1.63 bits per heavy atom. The van der Waals surface area contributed by atoms with E-state index in [1.807, 2.05) is 0 Å². The van der Waals surface area contributed by atoms with Crippen molar-refractivity contribution in [3.63, 3.8) is 0 Å². The van der Waals surface area contributed by atoms with Crippen molar-refractivity contribution >= 4 is 11.7 Å². The van der Waals surface area contributed by atoms with Gasteiger partial charge >= 0.3 is 0 Å². The molecule has 1 amide bonds. The van der Waals surface area contributed by atoms with Crippen molar-refractivity contribution in [1.29, 1.82) is 0 Å². The molecule has 0 saturated carbocycles. The minimum absolute atomic E-state index is 0.00246. The van der Waals surface area contributed by atoms with Crippen LogP contribution in [-0.2, 0) is 0 Å². The Labute approximate surface area is 113 Å². The average molecular weight is 263 g/mol. The Morgan fingerprint density at radius 3 is 3.16 bits per heavy atom. The van der Waals surface area contributed by atoms with Crippen molar-refractivity contribution in [3.8, 4) is 0 Å². The number of carbonyl (C=O) groups excluding carboxylic acids is 1. The number of likely N-dealkylation sites (tertiary alicyclic amines) is 1. The molecule has 2 heterocycles. The molecule has 0 spiro atoms.